The van der Waals surface area contributed by atoms with Gasteiger partial charge in [-0.1, -0.05) is 109 Å². The Balaban J connectivity index is 1.52. The highest BCUT2D eigenvalue weighted by Crippen LogP contribution is 2.43. The molecule has 0 unspecified atom stereocenters. The number of pyridine rings is 1. The van der Waals surface area contributed by atoms with Gasteiger partial charge in [-0.05, 0) is 72.8 Å². The van der Waals surface area contributed by atoms with Crippen molar-refractivity contribution >= 4 is 51.4 Å². The van der Waals surface area contributed by atoms with Gasteiger partial charge in [-0.2, -0.15) is 0 Å². The van der Waals surface area contributed by atoms with E-state index in [4.69, 9.17) is 4.98 Å². The fourth-order valence-corrected chi connectivity index (χ4v) is 5.58. The van der Waals surface area contributed by atoms with Gasteiger partial charge in [0.2, 0.25) is 0 Å². The summed E-state index contributed by atoms with van der Waals surface area (Å²) in [7, 11) is 0. The maximum Gasteiger partial charge on any atom is 0.142 e. The lowest BCUT2D eigenvalue weighted by atomic mass is 10.1. The largest absolute Gasteiger partial charge is 0.310 e. The lowest BCUT2D eigenvalue weighted by molar-refractivity contribution is 1.12. The molecule has 0 radical (unpaired) electrons. The summed E-state index contributed by atoms with van der Waals surface area (Å²) in [6.45, 7) is 0. The van der Waals surface area contributed by atoms with Crippen LogP contribution in [0, 0.1) is 0 Å². The fraction of sp³-hybridized carbons (Fsp3) is 0. The van der Waals surface area contributed by atoms with Crippen LogP contribution in [0.4, 0.5) is 51.4 Å². The molecule has 0 aliphatic carbocycles. The zero-order valence-electron chi connectivity index (χ0n) is 24.8. The van der Waals surface area contributed by atoms with Crippen LogP contribution in [0.25, 0.3) is 0 Å². The van der Waals surface area contributed by atoms with Crippen molar-refractivity contribution < 1.29 is 0 Å². The average molecular weight is 581 g/mol. The average Bonchev–Trinajstić information content (AvgIpc) is 3.12. The first kappa shape index (κ1) is 27.7. The monoisotopic (exact) mass is 580 g/mol. The number of nitrogens with zero attached hydrogens (tertiary/aromatic N) is 4. The molecular weight excluding hydrogens is 548 g/mol. The Bertz CT molecular complexity index is 1570. The number of hydrogen-bond acceptors (Lipinski definition) is 4. The van der Waals surface area contributed by atoms with Gasteiger partial charge in [-0.3, -0.25) is 9.80 Å². The van der Waals surface area contributed by atoms with E-state index < -0.39 is 0 Å². The van der Waals surface area contributed by atoms with Gasteiger partial charge in [-0.25, -0.2) is 4.98 Å². The molecule has 0 atom stereocenters. The highest BCUT2D eigenvalue weighted by Gasteiger charge is 2.23. The summed E-state index contributed by atoms with van der Waals surface area (Å²) >= 11 is 0. The van der Waals surface area contributed by atoms with Crippen LogP contribution in [-0.4, -0.2) is 4.98 Å². The van der Waals surface area contributed by atoms with Crippen LogP contribution < -0.4 is 14.7 Å². The fourth-order valence-electron chi connectivity index (χ4n) is 5.58. The van der Waals surface area contributed by atoms with E-state index in [2.05, 4.69) is 185 Å². The van der Waals surface area contributed by atoms with Gasteiger partial charge in [0.15, 0.2) is 0 Å². The van der Waals surface area contributed by atoms with Gasteiger partial charge in [0.25, 0.3) is 0 Å². The van der Waals surface area contributed by atoms with Crippen LogP contribution >= 0.6 is 0 Å². The first-order valence-corrected chi connectivity index (χ1v) is 15.1. The van der Waals surface area contributed by atoms with Crippen LogP contribution in [0.1, 0.15) is 0 Å². The SMILES string of the molecule is c1ccc(N(c2ccccc2)c2cc(N(c3ccccc3)c3ccccc3)nc(N(c3ccccc3)c3ccccc3)c2)cc1. The summed E-state index contributed by atoms with van der Waals surface area (Å²) in [5, 5.41) is 0. The van der Waals surface area contributed by atoms with Gasteiger partial charge in [0.1, 0.15) is 11.6 Å². The molecule has 0 amide bonds. The van der Waals surface area contributed by atoms with Crippen molar-refractivity contribution in [1.29, 1.82) is 0 Å². The van der Waals surface area contributed by atoms with E-state index in [1.54, 1.807) is 0 Å². The molecule has 1 aromatic heterocycles. The third-order valence-corrected chi connectivity index (χ3v) is 7.59. The van der Waals surface area contributed by atoms with Gasteiger partial charge < -0.3 is 4.90 Å². The third kappa shape index (κ3) is 6.03. The zero-order valence-corrected chi connectivity index (χ0v) is 24.8. The Morgan fingerprint density at radius 2 is 0.467 bits per heavy atom. The van der Waals surface area contributed by atoms with E-state index in [9.17, 15) is 0 Å². The number of benzene rings is 6. The summed E-state index contributed by atoms with van der Waals surface area (Å²) in [5.41, 5.74) is 7.20. The topological polar surface area (TPSA) is 22.6 Å². The number of aromatic nitrogens is 1. The van der Waals surface area contributed by atoms with E-state index >= 15 is 0 Å². The van der Waals surface area contributed by atoms with E-state index in [1.807, 2.05) is 24.3 Å². The normalized spacial score (nSPS) is 10.7. The second kappa shape index (κ2) is 13.0. The molecule has 0 spiro atoms. The van der Waals surface area contributed by atoms with Gasteiger partial charge >= 0.3 is 0 Å². The molecule has 4 heteroatoms. The second-order valence-corrected chi connectivity index (χ2v) is 10.6. The quantitative estimate of drug-likeness (QED) is 0.169. The minimum atomic E-state index is 0.800. The first-order valence-electron chi connectivity index (χ1n) is 15.1. The smallest absolute Gasteiger partial charge is 0.142 e. The molecule has 0 bridgehead atoms. The Kier molecular flexibility index (Phi) is 8.01. The molecule has 0 saturated heterocycles. The van der Waals surface area contributed by atoms with Gasteiger partial charge in [0.05, 0.1) is 5.69 Å². The molecule has 0 fully saturated rings. The molecule has 7 rings (SSSR count). The summed E-state index contributed by atoms with van der Waals surface area (Å²) in [5.74, 6) is 1.60. The van der Waals surface area contributed by atoms with E-state index in [0.29, 0.717) is 0 Å². The highest BCUT2D eigenvalue weighted by molar-refractivity contribution is 5.85. The number of anilines is 9. The van der Waals surface area contributed by atoms with Gasteiger partial charge in [-0.15, -0.1) is 0 Å². The number of para-hydroxylation sites is 6. The van der Waals surface area contributed by atoms with E-state index in [1.165, 1.54) is 0 Å². The van der Waals surface area contributed by atoms with E-state index in [-0.39, 0.29) is 0 Å². The molecule has 0 aliphatic heterocycles. The molecule has 6 aromatic carbocycles. The van der Waals surface area contributed by atoms with Crippen molar-refractivity contribution in [1.82, 2.24) is 4.98 Å². The lowest BCUT2D eigenvalue weighted by Gasteiger charge is -2.31. The Morgan fingerprint density at radius 3 is 0.711 bits per heavy atom. The predicted octanol–water partition coefficient (Wildman–Crippen LogP) is 11.5. The Labute approximate surface area is 264 Å². The minimum absolute atomic E-state index is 0.800. The third-order valence-electron chi connectivity index (χ3n) is 7.59. The lowest BCUT2D eigenvalue weighted by Crippen LogP contribution is -2.18. The van der Waals surface area contributed by atoms with E-state index in [0.717, 1.165) is 51.4 Å². The second-order valence-electron chi connectivity index (χ2n) is 10.6. The highest BCUT2D eigenvalue weighted by atomic mass is 15.3. The number of rotatable bonds is 9. The van der Waals surface area contributed by atoms with Crippen LogP contribution in [0.5, 0.6) is 0 Å². The summed E-state index contributed by atoms with van der Waals surface area (Å²) in [4.78, 5) is 12.2. The van der Waals surface area contributed by atoms with Crippen molar-refractivity contribution in [2.75, 3.05) is 14.7 Å². The molecule has 0 aliphatic rings. The van der Waals surface area contributed by atoms with Crippen LogP contribution in [0.3, 0.4) is 0 Å². The van der Waals surface area contributed by atoms with Crippen molar-refractivity contribution in [2.45, 2.75) is 0 Å². The van der Waals surface area contributed by atoms with Crippen LogP contribution in [0.2, 0.25) is 0 Å². The summed E-state index contributed by atoms with van der Waals surface area (Å²) < 4.78 is 0. The maximum absolute atomic E-state index is 5.43. The molecule has 7 aromatic rings. The Hall–Kier alpha value is -6.13. The number of hydrogen-bond donors (Lipinski definition) is 0. The van der Waals surface area contributed by atoms with Crippen molar-refractivity contribution in [3.8, 4) is 0 Å². The zero-order chi connectivity index (χ0) is 30.3. The van der Waals surface area contributed by atoms with Crippen molar-refractivity contribution in [3.05, 3.63) is 194 Å². The van der Waals surface area contributed by atoms with Crippen LogP contribution in [0.15, 0.2) is 194 Å². The molecular formula is C41H32N4. The minimum Gasteiger partial charge on any atom is -0.310 e. The molecule has 45 heavy (non-hydrogen) atoms. The summed E-state index contributed by atoms with van der Waals surface area (Å²) in [6.07, 6.45) is 0. The molecule has 0 N–H and O–H groups in total. The summed E-state index contributed by atoms with van der Waals surface area (Å²) in [6, 6.07) is 67.0. The van der Waals surface area contributed by atoms with Gasteiger partial charge in [0, 0.05) is 46.3 Å². The molecule has 1 heterocycles. The molecule has 216 valence electrons. The van der Waals surface area contributed by atoms with Crippen molar-refractivity contribution in [3.63, 3.8) is 0 Å². The first-order chi connectivity index (χ1) is 22.3. The van der Waals surface area contributed by atoms with Crippen molar-refractivity contribution in [2.24, 2.45) is 0 Å². The molecule has 0 saturated carbocycles. The standard InChI is InChI=1S/C41H32N4/c1-7-19-33(20-8-1)43(34-21-9-2-10-22-34)39-31-40(44(35-23-11-3-12-24-35)36-25-13-4-14-26-36)42-41(32-39)45(37-27-15-5-16-28-37)38-29-17-6-18-30-38/h1-32H. The predicted molar refractivity (Wildman–Crippen MR) is 188 cm³/mol. The Morgan fingerprint density at radius 1 is 0.244 bits per heavy atom. The molecule has 4 nitrogen and oxygen atoms in total. The van der Waals surface area contributed by atoms with Crippen LogP contribution in [-0.2, 0) is 0 Å². The maximum atomic E-state index is 5.43.